The van der Waals surface area contributed by atoms with Crippen LogP contribution in [0.5, 0.6) is 0 Å². The molecule has 0 amide bonds. The normalized spacial score (nSPS) is 9.91. The van der Waals surface area contributed by atoms with Crippen LogP contribution in [0.4, 0.5) is 0 Å². The van der Waals surface area contributed by atoms with Crippen LogP contribution >= 0.6 is 0 Å². The number of hydrogen-bond donors (Lipinski definition) is 1. The Labute approximate surface area is 67.7 Å². The Morgan fingerprint density at radius 1 is 1.45 bits per heavy atom. The number of hydrogen-bond acceptors (Lipinski definition) is 2. The van der Waals surface area contributed by atoms with Crippen molar-refractivity contribution in [2.24, 2.45) is 0 Å². The molecule has 0 unspecified atom stereocenters. The van der Waals surface area contributed by atoms with Crippen LogP contribution in [0.25, 0.3) is 0 Å². The molecule has 2 nitrogen and oxygen atoms in total. The molecule has 1 aromatic heterocycles. The summed E-state index contributed by atoms with van der Waals surface area (Å²) in [5.74, 6) is 0. The topological polar surface area (TPSA) is 24.9 Å². The molecule has 0 aliphatic carbocycles. The predicted octanol–water partition coefficient (Wildman–Crippen LogP) is 1.58. The average molecular weight is 150 g/mol. The van der Waals surface area contributed by atoms with Crippen LogP contribution < -0.4 is 5.32 Å². The van der Waals surface area contributed by atoms with Crippen LogP contribution in [0.1, 0.15) is 19.0 Å². The van der Waals surface area contributed by atoms with Gasteiger partial charge in [0.1, 0.15) is 0 Å². The molecule has 0 aliphatic rings. The predicted molar refractivity (Wildman–Crippen MR) is 46.2 cm³/mol. The Balaban J connectivity index is 2.28. The van der Waals surface area contributed by atoms with E-state index >= 15 is 0 Å². The van der Waals surface area contributed by atoms with Crippen molar-refractivity contribution in [3.05, 3.63) is 30.1 Å². The minimum atomic E-state index is 0.884. The summed E-state index contributed by atoms with van der Waals surface area (Å²) in [7, 11) is 0. The summed E-state index contributed by atoms with van der Waals surface area (Å²) in [6, 6.07) is 5.97. The van der Waals surface area contributed by atoms with Crippen molar-refractivity contribution in [2.75, 3.05) is 6.54 Å². The molecule has 0 atom stereocenters. The number of aromatic nitrogens is 1. The summed E-state index contributed by atoms with van der Waals surface area (Å²) in [6.07, 6.45) is 3.00. The summed E-state index contributed by atoms with van der Waals surface area (Å²) < 4.78 is 0. The van der Waals surface area contributed by atoms with Gasteiger partial charge in [0.05, 0.1) is 5.69 Å². The summed E-state index contributed by atoms with van der Waals surface area (Å²) >= 11 is 0. The van der Waals surface area contributed by atoms with Crippen molar-refractivity contribution < 1.29 is 0 Å². The van der Waals surface area contributed by atoms with Crippen molar-refractivity contribution in [3.63, 3.8) is 0 Å². The fourth-order valence-corrected chi connectivity index (χ4v) is 0.896. The zero-order valence-corrected chi connectivity index (χ0v) is 6.88. The van der Waals surface area contributed by atoms with Crippen LogP contribution in [0.15, 0.2) is 24.4 Å². The second-order valence-electron chi connectivity index (χ2n) is 2.50. The van der Waals surface area contributed by atoms with E-state index in [9.17, 15) is 0 Å². The minimum absolute atomic E-state index is 0.884. The third-order valence-electron chi connectivity index (χ3n) is 1.46. The van der Waals surface area contributed by atoms with E-state index in [1.54, 1.807) is 0 Å². The van der Waals surface area contributed by atoms with E-state index in [0.717, 1.165) is 18.8 Å². The summed E-state index contributed by atoms with van der Waals surface area (Å²) in [5.41, 5.74) is 1.11. The van der Waals surface area contributed by atoms with Gasteiger partial charge in [-0.2, -0.15) is 0 Å². The number of rotatable bonds is 4. The number of nitrogens with zero attached hydrogens (tertiary/aromatic N) is 1. The molecule has 0 aromatic carbocycles. The minimum Gasteiger partial charge on any atom is -0.311 e. The third kappa shape index (κ3) is 3.14. The smallest absolute Gasteiger partial charge is 0.0541 e. The SMILES string of the molecule is CCCNCc1ccccn1. The van der Waals surface area contributed by atoms with Gasteiger partial charge in [-0.15, -0.1) is 0 Å². The Morgan fingerprint density at radius 2 is 2.36 bits per heavy atom. The third-order valence-corrected chi connectivity index (χ3v) is 1.46. The molecule has 60 valence electrons. The number of pyridine rings is 1. The Bertz CT molecular complexity index is 184. The lowest BCUT2D eigenvalue weighted by Crippen LogP contribution is -2.14. The van der Waals surface area contributed by atoms with E-state index in [0.29, 0.717) is 0 Å². The molecule has 0 radical (unpaired) electrons. The molecule has 0 aliphatic heterocycles. The van der Waals surface area contributed by atoms with Gasteiger partial charge in [-0.05, 0) is 25.1 Å². The summed E-state index contributed by atoms with van der Waals surface area (Å²) in [6.45, 7) is 4.11. The molecule has 0 bridgehead atoms. The molecule has 2 heteroatoms. The van der Waals surface area contributed by atoms with E-state index in [1.807, 2.05) is 24.4 Å². The van der Waals surface area contributed by atoms with E-state index < -0.39 is 0 Å². The highest BCUT2D eigenvalue weighted by molar-refractivity contribution is 5.02. The Morgan fingerprint density at radius 3 is 3.00 bits per heavy atom. The number of nitrogens with one attached hydrogen (secondary N) is 1. The first kappa shape index (κ1) is 8.21. The van der Waals surface area contributed by atoms with E-state index in [-0.39, 0.29) is 0 Å². The summed E-state index contributed by atoms with van der Waals surface area (Å²) in [4.78, 5) is 4.19. The van der Waals surface area contributed by atoms with Gasteiger partial charge in [0.2, 0.25) is 0 Å². The van der Waals surface area contributed by atoms with Gasteiger partial charge < -0.3 is 5.32 Å². The van der Waals surface area contributed by atoms with E-state index in [2.05, 4.69) is 17.2 Å². The largest absolute Gasteiger partial charge is 0.311 e. The Kier molecular flexibility index (Phi) is 3.62. The van der Waals surface area contributed by atoms with Crippen LogP contribution in [0.3, 0.4) is 0 Å². The highest BCUT2D eigenvalue weighted by Crippen LogP contribution is 1.91. The lowest BCUT2D eigenvalue weighted by atomic mass is 10.3. The molecule has 1 rings (SSSR count). The molecular formula is C9H14N2. The quantitative estimate of drug-likeness (QED) is 0.659. The van der Waals surface area contributed by atoms with Gasteiger partial charge in [-0.3, -0.25) is 4.98 Å². The molecule has 0 spiro atoms. The van der Waals surface area contributed by atoms with Crippen molar-refractivity contribution >= 4 is 0 Å². The molecular weight excluding hydrogens is 136 g/mol. The fourth-order valence-electron chi connectivity index (χ4n) is 0.896. The molecule has 0 fully saturated rings. The molecule has 0 saturated carbocycles. The molecule has 0 saturated heterocycles. The molecule has 1 heterocycles. The first-order chi connectivity index (χ1) is 5.43. The van der Waals surface area contributed by atoms with E-state index in [1.165, 1.54) is 6.42 Å². The van der Waals surface area contributed by atoms with Crippen molar-refractivity contribution in [2.45, 2.75) is 19.9 Å². The van der Waals surface area contributed by atoms with Crippen LogP contribution in [0, 0.1) is 0 Å². The highest BCUT2D eigenvalue weighted by atomic mass is 14.9. The van der Waals surface area contributed by atoms with Crippen LogP contribution in [0.2, 0.25) is 0 Å². The Hall–Kier alpha value is -0.890. The second-order valence-corrected chi connectivity index (χ2v) is 2.50. The first-order valence-electron chi connectivity index (χ1n) is 4.04. The average Bonchev–Trinajstić information content (AvgIpc) is 2.07. The molecule has 1 aromatic rings. The van der Waals surface area contributed by atoms with E-state index in [4.69, 9.17) is 0 Å². The maximum atomic E-state index is 4.19. The van der Waals surface area contributed by atoms with Gasteiger partial charge in [0.25, 0.3) is 0 Å². The van der Waals surface area contributed by atoms with Gasteiger partial charge >= 0.3 is 0 Å². The second kappa shape index (κ2) is 4.85. The van der Waals surface area contributed by atoms with Gasteiger partial charge in [-0.25, -0.2) is 0 Å². The first-order valence-corrected chi connectivity index (χ1v) is 4.04. The van der Waals surface area contributed by atoms with Crippen molar-refractivity contribution in [3.8, 4) is 0 Å². The lowest BCUT2D eigenvalue weighted by molar-refractivity contribution is 0.664. The van der Waals surface area contributed by atoms with Gasteiger partial charge in [0.15, 0.2) is 0 Å². The molecule has 11 heavy (non-hydrogen) atoms. The zero-order chi connectivity index (χ0) is 7.94. The maximum absolute atomic E-state index is 4.19. The van der Waals surface area contributed by atoms with Crippen LogP contribution in [-0.4, -0.2) is 11.5 Å². The molecule has 1 N–H and O–H groups in total. The van der Waals surface area contributed by atoms with Crippen LogP contribution in [-0.2, 0) is 6.54 Å². The standard InChI is InChI=1S/C9H14N2/c1-2-6-10-8-9-5-3-4-7-11-9/h3-5,7,10H,2,6,8H2,1H3. The monoisotopic (exact) mass is 150 g/mol. The highest BCUT2D eigenvalue weighted by Gasteiger charge is 1.88. The zero-order valence-electron chi connectivity index (χ0n) is 6.88. The lowest BCUT2D eigenvalue weighted by Gasteiger charge is -2.00. The van der Waals surface area contributed by atoms with Crippen molar-refractivity contribution in [1.29, 1.82) is 0 Å². The van der Waals surface area contributed by atoms with Crippen molar-refractivity contribution in [1.82, 2.24) is 10.3 Å². The van der Waals surface area contributed by atoms with Gasteiger partial charge in [0, 0.05) is 12.7 Å². The maximum Gasteiger partial charge on any atom is 0.0541 e. The fraction of sp³-hybridized carbons (Fsp3) is 0.444. The summed E-state index contributed by atoms with van der Waals surface area (Å²) in [5, 5.41) is 3.29. The van der Waals surface area contributed by atoms with Gasteiger partial charge in [-0.1, -0.05) is 13.0 Å².